The number of rotatable bonds is 1. The summed E-state index contributed by atoms with van der Waals surface area (Å²) in [5.41, 5.74) is 5.53. The molecule has 0 atom stereocenters. The lowest BCUT2D eigenvalue weighted by atomic mass is 10.5. The van der Waals surface area contributed by atoms with Crippen LogP contribution in [0.1, 0.15) is 6.92 Å². The first kappa shape index (κ1) is 6.78. The molecule has 0 aromatic carbocycles. The maximum atomic E-state index is 5.53. The van der Waals surface area contributed by atoms with Gasteiger partial charge in [0.25, 0.3) is 0 Å². The molecule has 8 heavy (non-hydrogen) atoms. The second-order valence-corrected chi connectivity index (χ2v) is 5.49. The van der Waals surface area contributed by atoms with Gasteiger partial charge in [-0.2, -0.15) is 0 Å². The molecule has 1 aliphatic rings. The van der Waals surface area contributed by atoms with Crippen LogP contribution in [0, 0.1) is 0 Å². The molecule has 0 amide bonds. The van der Waals surface area contributed by atoms with Gasteiger partial charge in [0.2, 0.25) is 0 Å². The molecule has 0 aromatic rings. The summed E-state index contributed by atoms with van der Waals surface area (Å²) in [6, 6.07) is 0. The van der Waals surface area contributed by atoms with Crippen molar-refractivity contribution in [3.05, 3.63) is 0 Å². The smallest absolute Gasteiger partial charge is 0.0705 e. The highest BCUT2D eigenvalue weighted by atomic mass is 32.2. The molecule has 3 heteroatoms. The standard InChI is InChI=1S/C5H11NS2/c1-5(4-6)7-2-3-8-5/h2-4,6H2,1H3. The van der Waals surface area contributed by atoms with E-state index in [9.17, 15) is 0 Å². The minimum absolute atomic E-state index is 0.347. The Labute approximate surface area is 58.8 Å². The molecule has 0 aliphatic carbocycles. The molecule has 1 aliphatic heterocycles. The van der Waals surface area contributed by atoms with Crippen LogP contribution in [0.15, 0.2) is 0 Å². The van der Waals surface area contributed by atoms with Gasteiger partial charge in [-0.25, -0.2) is 0 Å². The van der Waals surface area contributed by atoms with Gasteiger partial charge in [-0.3, -0.25) is 0 Å². The first-order valence-corrected chi connectivity index (χ1v) is 4.72. The van der Waals surface area contributed by atoms with Gasteiger partial charge in [0.05, 0.1) is 4.08 Å². The molecule has 1 saturated heterocycles. The molecule has 1 nitrogen and oxygen atoms in total. The third-order valence-corrected chi connectivity index (χ3v) is 4.61. The minimum atomic E-state index is 0.347. The topological polar surface area (TPSA) is 26.0 Å². The molecule has 0 radical (unpaired) electrons. The zero-order valence-corrected chi connectivity index (χ0v) is 6.65. The molecule has 2 N–H and O–H groups in total. The molecular formula is C5H11NS2. The van der Waals surface area contributed by atoms with E-state index in [-0.39, 0.29) is 0 Å². The fourth-order valence-electron chi connectivity index (χ4n) is 0.675. The normalized spacial score (nSPS) is 26.2. The maximum Gasteiger partial charge on any atom is 0.0705 e. The van der Waals surface area contributed by atoms with E-state index in [4.69, 9.17) is 5.73 Å². The highest BCUT2D eigenvalue weighted by Crippen LogP contribution is 2.42. The number of thioether (sulfide) groups is 2. The third-order valence-electron chi connectivity index (χ3n) is 1.27. The van der Waals surface area contributed by atoms with Crippen LogP contribution in [0.2, 0.25) is 0 Å². The molecule has 0 spiro atoms. The SMILES string of the molecule is CC1(CN)SCCS1. The Kier molecular flexibility index (Phi) is 2.12. The molecule has 0 saturated carbocycles. The summed E-state index contributed by atoms with van der Waals surface area (Å²) in [7, 11) is 0. The Morgan fingerprint density at radius 3 is 2.25 bits per heavy atom. The zero-order valence-electron chi connectivity index (χ0n) is 5.02. The molecule has 1 rings (SSSR count). The van der Waals surface area contributed by atoms with Crippen molar-refractivity contribution in [2.24, 2.45) is 5.73 Å². The predicted molar refractivity (Wildman–Crippen MR) is 42.4 cm³/mol. The second kappa shape index (κ2) is 2.50. The summed E-state index contributed by atoms with van der Waals surface area (Å²) in [6.45, 7) is 3.03. The summed E-state index contributed by atoms with van der Waals surface area (Å²) >= 11 is 3.97. The first-order valence-electron chi connectivity index (χ1n) is 2.75. The Balaban J connectivity index is 2.40. The molecule has 1 fully saturated rings. The fourth-order valence-corrected chi connectivity index (χ4v) is 3.27. The molecular weight excluding hydrogens is 138 g/mol. The van der Waals surface area contributed by atoms with Crippen molar-refractivity contribution in [3.63, 3.8) is 0 Å². The van der Waals surface area contributed by atoms with E-state index >= 15 is 0 Å². The Hall–Kier alpha value is 0.660. The highest BCUT2D eigenvalue weighted by molar-refractivity contribution is 8.21. The molecule has 0 unspecified atom stereocenters. The van der Waals surface area contributed by atoms with Gasteiger partial charge in [0, 0.05) is 18.1 Å². The summed E-state index contributed by atoms with van der Waals surface area (Å²) in [4.78, 5) is 0. The summed E-state index contributed by atoms with van der Waals surface area (Å²) in [5, 5.41) is 0. The number of hydrogen-bond donors (Lipinski definition) is 1. The van der Waals surface area contributed by atoms with Gasteiger partial charge in [-0.05, 0) is 6.92 Å². The van der Waals surface area contributed by atoms with E-state index in [1.165, 1.54) is 11.5 Å². The first-order chi connectivity index (χ1) is 3.77. The van der Waals surface area contributed by atoms with Crippen LogP contribution in [-0.2, 0) is 0 Å². The van der Waals surface area contributed by atoms with Gasteiger partial charge >= 0.3 is 0 Å². The van der Waals surface area contributed by atoms with E-state index < -0.39 is 0 Å². The van der Waals surface area contributed by atoms with Crippen molar-refractivity contribution in [3.8, 4) is 0 Å². The minimum Gasteiger partial charge on any atom is -0.328 e. The molecule has 0 bridgehead atoms. The summed E-state index contributed by atoms with van der Waals surface area (Å²) < 4.78 is 0.347. The van der Waals surface area contributed by atoms with Crippen molar-refractivity contribution in [2.45, 2.75) is 11.0 Å². The third kappa shape index (κ3) is 1.33. The average molecular weight is 149 g/mol. The van der Waals surface area contributed by atoms with Crippen molar-refractivity contribution < 1.29 is 0 Å². The maximum absolute atomic E-state index is 5.53. The Morgan fingerprint density at radius 2 is 2.00 bits per heavy atom. The Morgan fingerprint density at radius 1 is 1.50 bits per heavy atom. The lowest BCUT2D eigenvalue weighted by Crippen LogP contribution is -2.23. The fraction of sp³-hybridized carbons (Fsp3) is 1.00. The van der Waals surface area contributed by atoms with E-state index in [2.05, 4.69) is 6.92 Å². The van der Waals surface area contributed by atoms with Gasteiger partial charge in [-0.15, -0.1) is 23.5 Å². The van der Waals surface area contributed by atoms with Gasteiger partial charge in [0.15, 0.2) is 0 Å². The van der Waals surface area contributed by atoms with E-state index in [0.29, 0.717) is 4.08 Å². The number of nitrogens with two attached hydrogens (primary N) is 1. The van der Waals surface area contributed by atoms with Gasteiger partial charge < -0.3 is 5.73 Å². The van der Waals surface area contributed by atoms with E-state index in [0.717, 1.165) is 6.54 Å². The molecule has 48 valence electrons. The van der Waals surface area contributed by atoms with Gasteiger partial charge in [0.1, 0.15) is 0 Å². The van der Waals surface area contributed by atoms with Crippen LogP contribution < -0.4 is 5.73 Å². The van der Waals surface area contributed by atoms with Crippen LogP contribution in [0.4, 0.5) is 0 Å². The van der Waals surface area contributed by atoms with Crippen LogP contribution in [0.3, 0.4) is 0 Å². The average Bonchev–Trinajstić information content (AvgIpc) is 2.17. The lowest BCUT2D eigenvalue weighted by molar-refractivity contribution is 0.900. The van der Waals surface area contributed by atoms with Crippen molar-refractivity contribution in [1.29, 1.82) is 0 Å². The van der Waals surface area contributed by atoms with Crippen LogP contribution in [0.5, 0.6) is 0 Å². The van der Waals surface area contributed by atoms with Crippen molar-refractivity contribution in [2.75, 3.05) is 18.1 Å². The van der Waals surface area contributed by atoms with Crippen molar-refractivity contribution in [1.82, 2.24) is 0 Å². The molecule has 0 aromatic heterocycles. The Bertz CT molecular complexity index is 78.5. The van der Waals surface area contributed by atoms with Gasteiger partial charge in [-0.1, -0.05) is 0 Å². The predicted octanol–water partition coefficient (Wildman–Crippen LogP) is 1.14. The van der Waals surface area contributed by atoms with E-state index in [1.807, 2.05) is 23.5 Å². The van der Waals surface area contributed by atoms with Crippen LogP contribution in [-0.4, -0.2) is 22.1 Å². The van der Waals surface area contributed by atoms with Crippen LogP contribution >= 0.6 is 23.5 Å². The summed E-state index contributed by atoms with van der Waals surface area (Å²) in [5.74, 6) is 2.55. The molecule has 1 heterocycles. The van der Waals surface area contributed by atoms with E-state index in [1.54, 1.807) is 0 Å². The highest BCUT2D eigenvalue weighted by Gasteiger charge is 2.27. The summed E-state index contributed by atoms with van der Waals surface area (Å²) in [6.07, 6.45) is 0. The largest absolute Gasteiger partial charge is 0.328 e. The van der Waals surface area contributed by atoms with Crippen molar-refractivity contribution >= 4 is 23.5 Å². The monoisotopic (exact) mass is 149 g/mol. The zero-order chi connectivity index (χ0) is 6.04. The second-order valence-electron chi connectivity index (χ2n) is 2.03. The number of hydrogen-bond acceptors (Lipinski definition) is 3. The van der Waals surface area contributed by atoms with Crippen LogP contribution in [0.25, 0.3) is 0 Å². The lowest BCUT2D eigenvalue weighted by Gasteiger charge is -2.17. The quantitative estimate of drug-likeness (QED) is 0.605.